The van der Waals surface area contributed by atoms with E-state index in [4.69, 9.17) is 0 Å². The molecule has 2 fully saturated rings. The molecule has 0 saturated carbocycles. The summed E-state index contributed by atoms with van der Waals surface area (Å²) >= 11 is 1.72. The fraction of sp³-hybridized carbons (Fsp3) is 0.471. The van der Waals surface area contributed by atoms with Gasteiger partial charge in [-0.2, -0.15) is 0 Å². The number of rotatable bonds is 4. The minimum absolute atomic E-state index is 0.0253. The molecular formula is C17H22N4O3S. The van der Waals surface area contributed by atoms with E-state index in [9.17, 15) is 14.4 Å². The number of hydrogen-bond donors (Lipinski definition) is 2. The maximum atomic E-state index is 12.3. The van der Waals surface area contributed by atoms with Crippen LogP contribution in [-0.2, 0) is 9.59 Å². The number of nitrogens with zero attached hydrogens (tertiary/aromatic N) is 2. The molecule has 0 bridgehead atoms. The molecule has 1 aromatic rings. The van der Waals surface area contributed by atoms with E-state index in [1.54, 1.807) is 40.9 Å². The second-order valence-corrected chi connectivity index (χ2v) is 7.06. The maximum absolute atomic E-state index is 12.3. The third kappa shape index (κ3) is 4.52. The summed E-state index contributed by atoms with van der Waals surface area (Å²) in [5, 5.41) is 5.83. The molecule has 8 heteroatoms. The molecule has 0 spiro atoms. The zero-order valence-electron chi connectivity index (χ0n) is 13.9. The van der Waals surface area contributed by atoms with Crippen molar-refractivity contribution in [1.29, 1.82) is 0 Å². The summed E-state index contributed by atoms with van der Waals surface area (Å²) < 4.78 is 0. The van der Waals surface area contributed by atoms with Crippen molar-refractivity contribution < 1.29 is 14.4 Å². The maximum Gasteiger partial charge on any atom is 0.251 e. The van der Waals surface area contributed by atoms with Crippen LogP contribution < -0.4 is 10.6 Å². The molecule has 1 atom stereocenters. The number of benzene rings is 1. The summed E-state index contributed by atoms with van der Waals surface area (Å²) in [6, 6.07) is 8.72. The number of carbonyl (C=O) groups is 3. The molecule has 0 aromatic heterocycles. The van der Waals surface area contributed by atoms with Crippen molar-refractivity contribution in [2.45, 2.75) is 6.04 Å². The van der Waals surface area contributed by atoms with Gasteiger partial charge in [-0.1, -0.05) is 18.2 Å². The Kier molecular flexibility index (Phi) is 5.93. The fourth-order valence-corrected chi connectivity index (χ4v) is 3.84. The number of carbonyl (C=O) groups excluding carboxylic acids is 3. The molecule has 0 radical (unpaired) electrons. The van der Waals surface area contributed by atoms with Crippen molar-refractivity contribution in [3.63, 3.8) is 0 Å². The van der Waals surface area contributed by atoms with Gasteiger partial charge in [0, 0.05) is 43.4 Å². The lowest BCUT2D eigenvalue weighted by Gasteiger charge is -2.35. The lowest BCUT2D eigenvalue weighted by molar-refractivity contribution is -0.139. The van der Waals surface area contributed by atoms with E-state index in [2.05, 4.69) is 10.6 Å². The molecule has 7 nitrogen and oxygen atoms in total. The third-order valence-corrected chi connectivity index (χ3v) is 5.33. The first kappa shape index (κ1) is 17.8. The Morgan fingerprint density at radius 2 is 1.76 bits per heavy atom. The van der Waals surface area contributed by atoms with Gasteiger partial charge in [0.1, 0.15) is 0 Å². The summed E-state index contributed by atoms with van der Waals surface area (Å²) in [6.45, 7) is 2.07. The van der Waals surface area contributed by atoms with E-state index >= 15 is 0 Å². The highest BCUT2D eigenvalue weighted by Crippen LogP contribution is 2.13. The van der Waals surface area contributed by atoms with Crippen LogP contribution in [0.3, 0.4) is 0 Å². The van der Waals surface area contributed by atoms with Crippen molar-refractivity contribution >= 4 is 29.5 Å². The number of amides is 3. The average Bonchev–Trinajstić information content (AvgIpc) is 3.21. The van der Waals surface area contributed by atoms with E-state index in [0.717, 1.165) is 11.6 Å². The molecule has 3 rings (SSSR count). The standard InChI is InChI=1S/C17H22N4O3S/c22-15(10-18-16(23)13-4-2-1-3-5-13)20-6-8-21(9-7-20)17(24)14-11-25-12-19-14/h1-5,14,19H,6-12H2,(H,18,23). The Balaban J connectivity index is 1.42. The van der Waals surface area contributed by atoms with Gasteiger partial charge in [-0.3, -0.25) is 19.7 Å². The van der Waals surface area contributed by atoms with Crippen molar-refractivity contribution in [3.8, 4) is 0 Å². The topological polar surface area (TPSA) is 81.8 Å². The van der Waals surface area contributed by atoms with Crippen LogP contribution in [-0.4, -0.2) is 77.9 Å². The molecule has 2 heterocycles. The quantitative estimate of drug-likeness (QED) is 0.772. The first-order valence-electron chi connectivity index (χ1n) is 8.36. The molecule has 2 aliphatic rings. The Hall–Kier alpha value is -2.06. The molecule has 3 amide bonds. The number of hydrogen-bond acceptors (Lipinski definition) is 5. The van der Waals surface area contributed by atoms with Gasteiger partial charge in [-0.15, -0.1) is 11.8 Å². The van der Waals surface area contributed by atoms with Gasteiger partial charge in [0.2, 0.25) is 11.8 Å². The Bertz CT molecular complexity index is 626. The van der Waals surface area contributed by atoms with Gasteiger partial charge in [0.25, 0.3) is 5.91 Å². The van der Waals surface area contributed by atoms with Crippen LogP contribution >= 0.6 is 11.8 Å². The van der Waals surface area contributed by atoms with Crippen LogP contribution in [0.4, 0.5) is 0 Å². The molecular weight excluding hydrogens is 340 g/mol. The zero-order chi connectivity index (χ0) is 17.6. The van der Waals surface area contributed by atoms with Crippen LogP contribution in [0.25, 0.3) is 0 Å². The van der Waals surface area contributed by atoms with Crippen LogP contribution in [0.2, 0.25) is 0 Å². The second-order valence-electron chi connectivity index (χ2n) is 6.03. The number of thioether (sulfide) groups is 1. The summed E-state index contributed by atoms with van der Waals surface area (Å²) in [7, 11) is 0. The van der Waals surface area contributed by atoms with Gasteiger partial charge >= 0.3 is 0 Å². The molecule has 1 aromatic carbocycles. The number of nitrogens with one attached hydrogen (secondary N) is 2. The van der Waals surface area contributed by atoms with Crippen LogP contribution in [0.5, 0.6) is 0 Å². The van der Waals surface area contributed by atoms with E-state index in [0.29, 0.717) is 31.7 Å². The van der Waals surface area contributed by atoms with Gasteiger partial charge in [-0.05, 0) is 12.1 Å². The van der Waals surface area contributed by atoms with Crippen molar-refractivity contribution in [2.24, 2.45) is 0 Å². The van der Waals surface area contributed by atoms with E-state index in [1.165, 1.54) is 0 Å². The first-order valence-corrected chi connectivity index (χ1v) is 9.51. The summed E-state index contributed by atoms with van der Waals surface area (Å²) in [4.78, 5) is 40.1. The van der Waals surface area contributed by atoms with Crippen molar-refractivity contribution in [2.75, 3.05) is 44.4 Å². The average molecular weight is 362 g/mol. The van der Waals surface area contributed by atoms with E-state index in [1.807, 2.05) is 11.0 Å². The highest BCUT2D eigenvalue weighted by molar-refractivity contribution is 7.99. The molecule has 2 saturated heterocycles. The van der Waals surface area contributed by atoms with Crippen molar-refractivity contribution in [1.82, 2.24) is 20.4 Å². The molecule has 2 aliphatic heterocycles. The zero-order valence-corrected chi connectivity index (χ0v) is 14.8. The largest absolute Gasteiger partial charge is 0.343 e. The normalized spacial score (nSPS) is 20.4. The minimum Gasteiger partial charge on any atom is -0.343 e. The molecule has 2 N–H and O–H groups in total. The van der Waals surface area contributed by atoms with Crippen LogP contribution in [0.15, 0.2) is 30.3 Å². The molecule has 25 heavy (non-hydrogen) atoms. The monoisotopic (exact) mass is 362 g/mol. The van der Waals surface area contributed by atoms with Gasteiger partial charge in [-0.25, -0.2) is 0 Å². The third-order valence-electron chi connectivity index (χ3n) is 4.39. The van der Waals surface area contributed by atoms with Gasteiger partial charge in [0.05, 0.1) is 12.6 Å². The lowest BCUT2D eigenvalue weighted by atomic mass is 10.2. The minimum atomic E-state index is -0.257. The lowest BCUT2D eigenvalue weighted by Crippen LogP contribution is -2.55. The van der Waals surface area contributed by atoms with Gasteiger partial charge < -0.3 is 15.1 Å². The van der Waals surface area contributed by atoms with E-state index < -0.39 is 0 Å². The van der Waals surface area contributed by atoms with E-state index in [-0.39, 0.29) is 30.3 Å². The Morgan fingerprint density at radius 3 is 2.40 bits per heavy atom. The second kappa shape index (κ2) is 8.35. The highest BCUT2D eigenvalue weighted by atomic mass is 32.2. The molecule has 1 unspecified atom stereocenters. The summed E-state index contributed by atoms with van der Waals surface area (Å²) in [6.07, 6.45) is 0. The predicted octanol–water partition coefficient (Wildman–Crippen LogP) is -0.250. The van der Waals surface area contributed by atoms with Crippen LogP contribution in [0, 0.1) is 0 Å². The fourth-order valence-electron chi connectivity index (χ4n) is 2.91. The summed E-state index contributed by atoms with van der Waals surface area (Å²) in [5.41, 5.74) is 0.535. The molecule has 0 aliphatic carbocycles. The van der Waals surface area contributed by atoms with Crippen molar-refractivity contribution in [3.05, 3.63) is 35.9 Å². The highest BCUT2D eigenvalue weighted by Gasteiger charge is 2.30. The number of piperazine rings is 1. The first-order chi connectivity index (χ1) is 12.1. The summed E-state index contributed by atoms with van der Waals surface area (Å²) in [5.74, 6) is 1.37. The van der Waals surface area contributed by atoms with Gasteiger partial charge in [0.15, 0.2) is 0 Å². The Morgan fingerprint density at radius 1 is 1.08 bits per heavy atom. The smallest absolute Gasteiger partial charge is 0.251 e. The SMILES string of the molecule is O=C(NCC(=O)N1CCN(C(=O)C2CSCN2)CC1)c1ccccc1. The molecule has 134 valence electrons. The predicted molar refractivity (Wildman–Crippen MR) is 96.2 cm³/mol. The Labute approximate surface area is 151 Å². The van der Waals surface area contributed by atoms with Crippen LogP contribution in [0.1, 0.15) is 10.4 Å².